The van der Waals surface area contributed by atoms with E-state index in [4.69, 9.17) is 5.11 Å². The summed E-state index contributed by atoms with van der Waals surface area (Å²) in [6.07, 6.45) is 1.72. The molecule has 1 heterocycles. The first-order valence-corrected chi connectivity index (χ1v) is 5.22. The van der Waals surface area contributed by atoms with Gasteiger partial charge < -0.3 is 5.11 Å². The molecule has 0 aromatic carbocycles. The van der Waals surface area contributed by atoms with Crippen LogP contribution in [0.4, 0.5) is 0 Å². The van der Waals surface area contributed by atoms with Gasteiger partial charge in [-0.2, -0.15) is 4.98 Å². The van der Waals surface area contributed by atoms with Crippen LogP contribution in [-0.2, 0) is 6.54 Å². The summed E-state index contributed by atoms with van der Waals surface area (Å²) in [6.45, 7) is 5.98. The maximum absolute atomic E-state index is 11.4. The Morgan fingerprint density at radius 3 is 3.07 bits per heavy atom. The highest BCUT2D eigenvalue weighted by atomic mass is 32.2. The Bertz CT molecular complexity index is 387. The largest absolute Gasteiger partial charge is 0.493 e. The van der Waals surface area contributed by atoms with E-state index >= 15 is 0 Å². The number of hydrogen-bond acceptors (Lipinski definition) is 4. The molecular formula is C9H12N2O2S. The second-order valence-corrected chi connectivity index (χ2v) is 3.57. The molecule has 1 aromatic rings. The van der Waals surface area contributed by atoms with Crippen molar-refractivity contribution in [1.82, 2.24) is 9.55 Å². The third-order valence-corrected chi connectivity index (χ3v) is 2.58. The van der Waals surface area contributed by atoms with Crippen molar-refractivity contribution < 1.29 is 5.11 Å². The van der Waals surface area contributed by atoms with Crippen LogP contribution >= 0.6 is 11.8 Å². The standard InChI is InChI=1S/C9H12N2O2S/c1-3-5-14-9-10-7(12)6-8(13)11(9)4-2/h3,6,12H,1,4-5H2,2H3. The first kappa shape index (κ1) is 10.8. The second kappa shape index (κ2) is 4.85. The number of nitrogens with zero attached hydrogens (tertiary/aromatic N) is 2. The fraction of sp³-hybridized carbons (Fsp3) is 0.333. The number of hydrogen-bond donors (Lipinski definition) is 1. The van der Waals surface area contributed by atoms with Crippen molar-refractivity contribution >= 4 is 11.8 Å². The molecule has 0 atom stereocenters. The van der Waals surface area contributed by atoms with Crippen molar-refractivity contribution in [3.8, 4) is 5.88 Å². The molecule has 4 nitrogen and oxygen atoms in total. The predicted molar refractivity (Wildman–Crippen MR) is 56.8 cm³/mol. The Hall–Kier alpha value is -1.23. The third-order valence-electron chi connectivity index (χ3n) is 1.61. The molecule has 0 aliphatic carbocycles. The van der Waals surface area contributed by atoms with Gasteiger partial charge in [-0.25, -0.2) is 0 Å². The fourth-order valence-corrected chi connectivity index (χ4v) is 1.81. The molecule has 0 radical (unpaired) electrons. The highest BCUT2D eigenvalue weighted by molar-refractivity contribution is 7.99. The van der Waals surface area contributed by atoms with Gasteiger partial charge in [0.2, 0.25) is 5.88 Å². The van der Waals surface area contributed by atoms with E-state index in [1.54, 1.807) is 6.08 Å². The molecule has 0 aliphatic rings. The van der Waals surface area contributed by atoms with Crippen molar-refractivity contribution in [3.63, 3.8) is 0 Å². The number of aromatic nitrogens is 2. The van der Waals surface area contributed by atoms with E-state index < -0.39 is 0 Å². The molecule has 0 bridgehead atoms. The summed E-state index contributed by atoms with van der Waals surface area (Å²) < 4.78 is 1.51. The van der Waals surface area contributed by atoms with Gasteiger partial charge in [0.1, 0.15) is 0 Å². The van der Waals surface area contributed by atoms with Crippen LogP contribution in [0.1, 0.15) is 6.92 Å². The lowest BCUT2D eigenvalue weighted by atomic mass is 10.6. The van der Waals surface area contributed by atoms with Gasteiger partial charge in [0.25, 0.3) is 5.56 Å². The Morgan fingerprint density at radius 2 is 2.50 bits per heavy atom. The second-order valence-electron chi connectivity index (χ2n) is 2.58. The molecule has 5 heteroatoms. The van der Waals surface area contributed by atoms with Crippen molar-refractivity contribution in [1.29, 1.82) is 0 Å². The molecule has 0 spiro atoms. The Labute approximate surface area is 86.3 Å². The van der Waals surface area contributed by atoms with E-state index in [9.17, 15) is 4.79 Å². The SMILES string of the molecule is C=CCSc1nc(O)cc(=O)n1CC. The number of rotatable bonds is 4. The summed E-state index contributed by atoms with van der Waals surface area (Å²) in [5.41, 5.74) is -0.230. The Kier molecular flexibility index (Phi) is 3.76. The van der Waals surface area contributed by atoms with E-state index in [1.165, 1.54) is 16.3 Å². The minimum absolute atomic E-state index is 0.230. The van der Waals surface area contributed by atoms with E-state index in [0.717, 1.165) is 6.07 Å². The number of thioether (sulfide) groups is 1. The smallest absolute Gasteiger partial charge is 0.257 e. The molecule has 1 N–H and O–H groups in total. The summed E-state index contributed by atoms with van der Waals surface area (Å²) in [5, 5.41) is 9.67. The highest BCUT2D eigenvalue weighted by Crippen LogP contribution is 2.15. The van der Waals surface area contributed by atoms with Gasteiger partial charge in [0, 0.05) is 12.3 Å². The minimum Gasteiger partial charge on any atom is -0.493 e. The van der Waals surface area contributed by atoms with Crippen molar-refractivity contribution in [3.05, 3.63) is 29.1 Å². The third kappa shape index (κ3) is 2.38. The monoisotopic (exact) mass is 212 g/mol. The van der Waals surface area contributed by atoms with Gasteiger partial charge >= 0.3 is 0 Å². The van der Waals surface area contributed by atoms with Crippen LogP contribution in [0.15, 0.2) is 28.7 Å². The van der Waals surface area contributed by atoms with Gasteiger partial charge in [0.15, 0.2) is 5.16 Å². The zero-order valence-electron chi connectivity index (χ0n) is 7.93. The molecule has 0 unspecified atom stereocenters. The van der Waals surface area contributed by atoms with Crippen molar-refractivity contribution in [2.24, 2.45) is 0 Å². The van der Waals surface area contributed by atoms with Gasteiger partial charge in [-0.05, 0) is 6.92 Å². The molecule has 1 aromatic heterocycles. The summed E-state index contributed by atoms with van der Waals surface area (Å²) in [4.78, 5) is 15.3. The lowest BCUT2D eigenvalue weighted by Gasteiger charge is -2.07. The van der Waals surface area contributed by atoms with Gasteiger partial charge in [-0.1, -0.05) is 17.8 Å². The average Bonchev–Trinajstić information content (AvgIpc) is 2.14. The summed E-state index contributed by atoms with van der Waals surface area (Å²) in [6, 6.07) is 1.11. The zero-order chi connectivity index (χ0) is 10.6. The Morgan fingerprint density at radius 1 is 1.79 bits per heavy atom. The zero-order valence-corrected chi connectivity index (χ0v) is 8.75. The molecular weight excluding hydrogens is 200 g/mol. The van der Waals surface area contributed by atoms with Crippen LogP contribution in [0.3, 0.4) is 0 Å². The topological polar surface area (TPSA) is 55.1 Å². The number of aromatic hydroxyl groups is 1. The van der Waals surface area contributed by atoms with E-state index in [0.29, 0.717) is 17.5 Å². The molecule has 0 amide bonds. The van der Waals surface area contributed by atoms with Gasteiger partial charge in [-0.3, -0.25) is 9.36 Å². The molecule has 0 fully saturated rings. The van der Waals surface area contributed by atoms with Crippen LogP contribution in [0.5, 0.6) is 5.88 Å². The molecule has 1 rings (SSSR count). The van der Waals surface area contributed by atoms with E-state index in [2.05, 4.69) is 11.6 Å². The van der Waals surface area contributed by atoms with E-state index in [-0.39, 0.29) is 11.4 Å². The molecule has 14 heavy (non-hydrogen) atoms. The normalized spacial score (nSPS) is 10.1. The lowest BCUT2D eigenvalue weighted by molar-refractivity contribution is 0.434. The Balaban J connectivity index is 3.11. The first-order valence-electron chi connectivity index (χ1n) is 4.23. The lowest BCUT2D eigenvalue weighted by Crippen LogP contribution is -2.20. The fourth-order valence-electron chi connectivity index (χ4n) is 1.01. The van der Waals surface area contributed by atoms with Crippen molar-refractivity contribution in [2.75, 3.05) is 5.75 Å². The summed E-state index contributed by atoms with van der Waals surface area (Å²) >= 11 is 1.37. The van der Waals surface area contributed by atoms with Crippen LogP contribution < -0.4 is 5.56 Å². The molecule has 0 aliphatic heterocycles. The maximum Gasteiger partial charge on any atom is 0.257 e. The first-order chi connectivity index (χ1) is 6.69. The van der Waals surface area contributed by atoms with Crippen LogP contribution in [0.25, 0.3) is 0 Å². The average molecular weight is 212 g/mol. The van der Waals surface area contributed by atoms with Crippen LogP contribution in [-0.4, -0.2) is 20.4 Å². The molecule has 0 saturated heterocycles. The van der Waals surface area contributed by atoms with E-state index in [1.807, 2.05) is 6.92 Å². The van der Waals surface area contributed by atoms with Gasteiger partial charge in [-0.15, -0.1) is 6.58 Å². The quantitative estimate of drug-likeness (QED) is 0.463. The van der Waals surface area contributed by atoms with Gasteiger partial charge in [0.05, 0.1) is 6.07 Å². The van der Waals surface area contributed by atoms with Crippen LogP contribution in [0, 0.1) is 0 Å². The summed E-state index contributed by atoms with van der Waals surface area (Å²) in [5.74, 6) is 0.432. The van der Waals surface area contributed by atoms with Crippen LogP contribution in [0.2, 0.25) is 0 Å². The molecule has 0 saturated carbocycles. The minimum atomic E-state index is -0.230. The maximum atomic E-state index is 11.4. The summed E-state index contributed by atoms with van der Waals surface area (Å²) in [7, 11) is 0. The predicted octanol–water partition coefficient (Wildman–Crippen LogP) is 1.25. The molecule has 76 valence electrons. The highest BCUT2D eigenvalue weighted by Gasteiger charge is 2.06. The van der Waals surface area contributed by atoms with Crippen molar-refractivity contribution in [2.45, 2.75) is 18.6 Å².